The highest BCUT2D eigenvalue weighted by atomic mass is 16.6. The van der Waals surface area contributed by atoms with Crippen molar-refractivity contribution in [2.75, 3.05) is 57.8 Å². The van der Waals surface area contributed by atoms with E-state index in [0.29, 0.717) is 69.1 Å². The lowest BCUT2D eigenvalue weighted by molar-refractivity contribution is -0.138. The van der Waals surface area contributed by atoms with E-state index >= 15 is 0 Å². The number of imide groups is 1. The SMILES string of the molecule is COc1ccc(C(=O)N2CCC(C(=O)N3CCN(C(=O)OC(C)(C)C)CC3)CC2)cc1N1CCC(=O)NC1=O. The van der Waals surface area contributed by atoms with Crippen LogP contribution in [0.5, 0.6) is 5.75 Å². The van der Waals surface area contributed by atoms with Crippen LogP contribution in [0.4, 0.5) is 15.3 Å². The quantitative estimate of drug-likeness (QED) is 0.616. The third-order valence-corrected chi connectivity index (χ3v) is 7.15. The highest BCUT2D eigenvalue weighted by Crippen LogP contribution is 2.32. The third kappa shape index (κ3) is 6.61. The highest BCUT2D eigenvalue weighted by molar-refractivity contribution is 6.07. The smallest absolute Gasteiger partial charge is 0.410 e. The fourth-order valence-electron chi connectivity index (χ4n) is 5.03. The summed E-state index contributed by atoms with van der Waals surface area (Å²) in [6.45, 7) is 8.33. The molecule has 0 bridgehead atoms. The van der Waals surface area contributed by atoms with Gasteiger partial charge in [0.1, 0.15) is 11.4 Å². The van der Waals surface area contributed by atoms with Crippen LogP contribution in [-0.4, -0.2) is 103 Å². The molecule has 1 aromatic rings. The summed E-state index contributed by atoms with van der Waals surface area (Å²) in [5.41, 5.74) is 0.258. The average molecular weight is 544 g/mol. The first-order valence-electron chi connectivity index (χ1n) is 13.3. The number of piperidine rings is 1. The fourth-order valence-corrected chi connectivity index (χ4v) is 5.03. The van der Waals surface area contributed by atoms with Gasteiger partial charge < -0.3 is 24.2 Å². The summed E-state index contributed by atoms with van der Waals surface area (Å²) in [4.78, 5) is 69.2. The molecule has 0 atom stereocenters. The minimum Gasteiger partial charge on any atom is -0.495 e. The van der Waals surface area contributed by atoms with Crippen molar-refractivity contribution < 1.29 is 33.4 Å². The Balaban J connectivity index is 1.32. The van der Waals surface area contributed by atoms with E-state index in [0.717, 1.165) is 0 Å². The second kappa shape index (κ2) is 11.5. The predicted octanol–water partition coefficient (Wildman–Crippen LogP) is 2.07. The van der Waals surface area contributed by atoms with Gasteiger partial charge in [0, 0.05) is 63.7 Å². The van der Waals surface area contributed by atoms with Gasteiger partial charge in [0.25, 0.3) is 5.91 Å². The van der Waals surface area contributed by atoms with Crippen molar-refractivity contribution in [1.29, 1.82) is 0 Å². The largest absolute Gasteiger partial charge is 0.495 e. The van der Waals surface area contributed by atoms with Crippen molar-refractivity contribution >= 4 is 35.5 Å². The Morgan fingerprint density at radius 3 is 2.13 bits per heavy atom. The molecule has 6 amide bonds. The van der Waals surface area contributed by atoms with Gasteiger partial charge in [-0.1, -0.05) is 0 Å². The molecule has 4 rings (SSSR count). The molecule has 0 spiro atoms. The number of urea groups is 1. The van der Waals surface area contributed by atoms with Crippen LogP contribution in [0, 0.1) is 5.92 Å². The van der Waals surface area contributed by atoms with E-state index in [2.05, 4.69) is 5.32 Å². The lowest BCUT2D eigenvalue weighted by Gasteiger charge is -2.39. The van der Waals surface area contributed by atoms with Crippen LogP contribution in [-0.2, 0) is 14.3 Å². The molecule has 212 valence electrons. The number of amides is 6. The topological polar surface area (TPSA) is 129 Å². The number of nitrogens with zero attached hydrogens (tertiary/aromatic N) is 4. The number of nitrogens with one attached hydrogen (secondary N) is 1. The van der Waals surface area contributed by atoms with Crippen LogP contribution in [0.15, 0.2) is 18.2 Å². The molecule has 3 aliphatic rings. The van der Waals surface area contributed by atoms with Crippen LogP contribution in [0.1, 0.15) is 50.4 Å². The molecule has 12 heteroatoms. The number of benzene rings is 1. The molecule has 3 saturated heterocycles. The van der Waals surface area contributed by atoms with E-state index in [-0.39, 0.29) is 42.7 Å². The number of hydrogen-bond acceptors (Lipinski definition) is 7. The number of rotatable bonds is 4. The number of carbonyl (C=O) groups excluding carboxylic acids is 5. The summed E-state index contributed by atoms with van der Waals surface area (Å²) in [6.07, 6.45) is 0.898. The molecule has 0 aromatic heterocycles. The Morgan fingerprint density at radius 1 is 0.897 bits per heavy atom. The summed E-state index contributed by atoms with van der Waals surface area (Å²) in [5, 5.41) is 2.29. The summed E-state index contributed by atoms with van der Waals surface area (Å²) < 4.78 is 10.8. The second-order valence-electron chi connectivity index (χ2n) is 11.0. The normalized spacial score (nSPS) is 19.1. The van der Waals surface area contributed by atoms with Crippen molar-refractivity contribution in [3.05, 3.63) is 23.8 Å². The molecule has 0 unspecified atom stereocenters. The van der Waals surface area contributed by atoms with E-state index in [1.54, 1.807) is 32.9 Å². The molecular weight excluding hydrogens is 506 g/mol. The molecule has 1 N–H and O–H groups in total. The van der Waals surface area contributed by atoms with E-state index in [4.69, 9.17) is 9.47 Å². The summed E-state index contributed by atoms with van der Waals surface area (Å²) in [7, 11) is 1.48. The molecule has 0 saturated carbocycles. The molecule has 1 aromatic carbocycles. The minimum atomic E-state index is -0.564. The Morgan fingerprint density at radius 2 is 1.54 bits per heavy atom. The van der Waals surface area contributed by atoms with Crippen molar-refractivity contribution in [2.45, 2.75) is 45.6 Å². The summed E-state index contributed by atoms with van der Waals surface area (Å²) in [5.74, 6) is -0.229. The first-order valence-corrected chi connectivity index (χ1v) is 13.3. The van der Waals surface area contributed by atoms with Gasteiger partial charge in [-0.15, -0.1) is 0 Å². The lowest BCUT2D eigenvalue weighted by atomic mass is 9.94. The Kier molecular flexibility index (Phi) is 8.31. The number of hydrogen-bond donors (Lipinski definition) is 1. The zero-order valence-electron chi connectivity index (χ0n) is 23.0. The molecule has 39 heavy (non-hydrogen) atoms. The van der Waals surface area contributed by atoms with Crippen LogP contribution >= 0.6 is 0 Å². The molecular formula is C27H37N5O7. The maximum atomic E-state index is 13.3. The van der Waals surface area contributed by atoms with Crippen molar-refractivity contribution in [2.24, 2.45) is 5.92 Å². The molecule has 3 aliphatic heterocycles. The fraction of sp³-hybridized carbons (Fsp3) is 0.593. The number of likely N-dealkylation sites (tertiary alicyclic amines) is 1. The summed E-state index contributed by atoms with van der Waals surface area (Å²) in [6, 6.07) is 4.34. The van der Waals surface area contributed by atoms with E-state index in [9.17, 15) is 24.0 Å². The van der Waals surface area contributed by atoms with Crippen LogP contribution in [0.3, 0.4) is 0 Å². The first kappa shape index (κ1) is 28.2. The van der Waals surface area contributed by atoms with Crippen molar-refractivity contribution in [3.63, 3.8) is 0 Å². The van der Waals surface area contributed by atoms with Gasteiger partial charge in [0.05, 0.1) is 12.8 Å². The molecule has 0 aliphatic carbocycles. The van der Waals surface area contributed by atoms with Gasteiger partial charge in [0.15, 0.2) is 0 Å². The number of methoxy groups -OCH3 is 1. The van der Waals surface area contributed by atoms with Gasteiger partial charge in [0.2, 0.25) is 11.8 Å². The number of piperazine rings is 1. The summed E-state index contributed by atoms with van der Waals surface area (Å²) >= 11 is 0. The first-order chi connectivity index (χ1) is 18.5. The average Bonchev–Trinajstić information content (AvgIpc) is 2.91. The van der Waals surface area contributed by atoms with Gasteiger partial charge in [-0.25, -0.2) is 9.59 Å². The van der Waals surface area contributed by atoms with E-state index < -0.39 is 11.6 Å². The van der Waals surface area contributed by atoms with E-state index in [1.807, 2.05) is 20.8 Å². The van der Waals surface area contributed by atoms with Crippen LogP contribution in [0.2, 0.25) is 0 Å². The lowest BCUT2D eigenvalue weighted by Crippen LogP contribution is -2.53. The van der Waals surface area contributed by atoms with Gasteiger partial charge >= 0.3 is 12.1 Å². The third-order valence-electron chi connectivity index (χ3n) is 7.15. The minimum absolute atomic E-state index is 0.0586. The monoisotopic (exact) mass is 543 g/mol. The zero-order valence-corrected chi connectivity index (χ0v) is 23.0. The van der Waals surface area contributed by atoms with E-state index in [1.165, 1.54) is 12.0 Å². The van der Waals surface area contributed by atoms with Gasteiger partial charge in [-0.2, -0.15) is 0 Å². The zero-order chi connectivity index (χ0) is 28.3. The Bertz CT molecular complexity index is 1130. The Labute approximate surface area is 228 Å². The second-order valence-corrected chi connectivity index (χ2v) is 11.0. The molecule has 0 radical (unpaired) electrons. The van der Waals surface area contributed by atoms with Gasteiger partial charge in [-0.3, -0.25) is 24.6 Å². The Hall–Kier alpha value is -3.83. The van der Waals surface area contributed by atoms with Crippen LogP contribution < -0.4 is 15.0 Å². The van der Waals surface area contributed by atoms with Crippen LogP contribution in [0.25, 0.3) is 0 Å². The van der Waals surface area contributed by atoms with Crippen molar-refractivity contribution in [1.82, 2.24) is 20.0 Å². The van der Waals surface area contributed by atoms with Gasteiger partial charge in [-0.05, 0) is 51.8 Å². The highest BCUT2D eigenvalue weighted by Gasteiger charge is 2.34. The molecule has 12 nitrogen and oxygen atoms in total. The number of carbonyl (C=O) groups is 5. The molecule has 3 fully saturated rings. The van der Waals surface area contributed by atoms with Crippen molar-refractivity contribution in [3.8, 4) is 5.75 Å². The standard InChI is InChI=1S/C27H37N5O7/c1-27(2,3)39-26(37)31-15-13-30(14-16-31)23(34)18-7-10-29(11-8-18)24(35)19-5-6-21(38-4)20(17-19)32-12-9-22(33)28-25(32)36/h5-6,17-18H,7-16H2,1-4H3,(H,28,33,36). The molecule has 3 heterocycles. The number of ether oxygens (including phenoxy) is 2. The maximum Gasteiger partial charge on any atom is 0.410 e. The number of anilines is 1. The maximum absolute atomic E-state index is 13.3. The predicted molar refractivity (Wildman–Crippen MR) is 142 cm³/mol.